The predicted octanol–water partition coefficient (Wildman–Crippen LogP) is 15.8. The summed E-state index contributed by atoms with van der Waals surface area (Å²) in [5.74, 6) is 0.617. The van der Waals surface area contributed by atoms with Gasteiger partial charge in [-0.25, -0.2) is 9.13 Å². The third-order valence-electron chi connectivity index (χ3n) is 13.6. The Hall–Kier alpha value is -1.94. The molecule has 0 spiro atoms. The zero-order valence-electron chi connectivity index (χ0n) is 51.0. The summed E-state index contributed by atoms with van der Waals surface area (Å²) < 4.78 is 67.7. The van der Waals surface area contributed by atoms with Crippen LogP contribution in [-0.2, 0) is 65.4 Å². The van der Waals surface area contributed by atoms with Gasteiger partial charge < -0.3 is 33.8 Å². The van der Waals surface area contributed by atoms with E-state index in [2.05, 4.69) is 55.4 Å². The average molecular weight is 1170 g/mol. The van der Waals surface area contributed by atoms with Crippen LogP contribution in [0.4, 0.5) is 0 Å². The normalized spacial score (nSPS) is 14.6. The highest BCUT2D eigenvalue weighted by Crippen LogP contribution is 2.45. The quantitative estimate of drug-likeness (QED) is 0.0222. The molecule has 0 aliphatic rings. The number of phosphoric ester groups is 2. The SMILES string of the molecule is CC(C)CCCCCCCCCCC(=O)OC[C@H](COP(=O)(O)OCC(O)COP(=O)(O)OC[C@@H](COC(=O)CCCCCCCCCC(C)C)OC(=O)CCCCCCCCC(C)C)OC(=O)CCCCCCCCC(C)C. The molecule has 0 heterocycles. The minimum absolute atomic E-state index is 0.100. The molecule has 468 valence electrons. The van der Waals surface area contributed by atoms with Crippen molar-refractivity contribution in [1.29, 1.82) is 0 Å². The van der Waals surface area contributed by atoms with Crippen molar-refractivity contribution < 1.29 is 80.2 Å². The van der Waals surface area contributed by atoms with E-state index in [1.807, 2.05) is 0 Å². The molecule has 0 amide bonds. The molecule has 79 heavy (non-hydrogen) atoms. The number of aliphatic hydroxyl groups is 1. The summed E-state index contributed by atoms with van der Waals surface area (Å²) in [5, 5.41) is 10.5. The molecule has 0 saturated heterocycles. The highest BCUT2D eigenvalue weighted by Gasteiger charge is 2.30. The van der Waals surface area contributed by atoms with Crippen molar-refractivity contribution in [2.75, 3.05) is 39.6 Å². The first-order valence-electron chi connectivity index (χ1n) is 31.2. The number of aliphatic hydroxyl groups excluding tert-OH is 1. The minimum atomic E-state index is -4.94. The van der Waals surface area contributed by atoms with E-state index in [0.29, 0.717) is 43.4 Å². The molecule has 17 nitrogen and oxygen atoms in total. The van der Waals surface area contributed by atoms with Gasteiger partial charge >= 0.3 is 39.5 Å². The van der Waals surface area contributed by atoms with E-state index in [0.717, 1.165) is 102 Å². The van der Waals surface area contributed by atoms with Gasteiger partial charge in [0.25, 0.3) is 0 Å². The van der Waals surface area contributed by atoms with Crippen molar-refractivity contribution in [3.63, 3.8) is 0 Å². The molecule has 0 aromatic carbocycles. The summed E-state index contributed by atoms with van der Waals surface area (Å²) in [6.45, 7) is 13.8. The lowest BCUT2D eigenvalue weighted by atomic mass is 10.0. The van der Waals surface area contributed by atoms with Crippen LogP contribution in [0.5, 0.6) is 0 Å². The van der Waals surface area contributed by atoms with E-state index in [1.165, 1.54) is 77.0 Å². The Morgan fingerprint density at radius 1 is 0.316 bits per heavy atom. The van der Waals surface area contributed by atoms with Crippen LogP contribution in [0.2, 0.25) is 0 Å². The summed E-state index contributed by atoms with van der Waals surface area (Å²) in [6, 6.07) is 0. The maximum atomic E-state index is 12.9. The Morgan fingerprint density at radius 3 is 0.785 bits per heavy atom. The third kappa shape index (κ3) is 55.0. The molecule has 0 saturated carbocycles. The first-order valence-corrected chi connectivity index (χ1v) is 34.2. The van der Waals surface area contributed by atoms with Crippen molar-refractivity contribution in [1.82, 2.24) is 0 Å². The largest absolute Gasteiger partial charge is 0.472 e. The fraction of sp³-hybridized carbons (Fsp3) is 0.933. The van der Waals surface area contributed by atoms with E-state index >= 15 is 0 Å². The predicted molar refractivity (Wildman–Crippen MR) is 312 cm³/mol. The summed E-state index contributed by atoms with van der Waals surface area (Å²) in [7, 11) is -9.88. The molecule has 0 aromatic rings. The van der Waals surface area contributed by atoms with Crippen LogP contribution in [0.1, 0.15) is 280 Å². The van der Waals surface area contributed by atoms with Crippen LogP contribution in [0.15, 0.2) is 0 Å². The maximum Gasteiger partial charge on any atom is 0.472 e. The third-order valence-corrected chi connectivity index (χ3v) is 15.5. The van der Waals surface area contributed by atoms with Gasteiger partial charge in [0.2, 0.25) is 0 Å². The van der Waals surface area contributed by atoms with Crippen LogP contribution in [0, 0.1) is 23.7 Å². The number of carbonyl (C=O) groups excluding carboxylic acids is 4. The van der Waals surface area contributed by atoms with Crippen molar-refractivity contribution in [2.24, 2.45) is 23.7 Å². The van der Waals surface area contributed by atoms with Gasteiger partial charge in [0.05, 0.1) is 26.4 Å². The number of ether oxygens (including phenoxy) is 4. The number of rotatable bonds is 57. The second-order valence-electron chi connectivity index (χ2n) is 23.6. The zero-order valence-corrected chi connectivity index (χ0v) is 52.8. The summed E-state index contributed by atoms with van der Waals surface area (Å²) in [5.41, 5.74) is 0. The maximum absolute atomic E-state index is 12.9. The first-order chi connectivity index (χ1) is 37.6. The number of carbonyl (C=O) groups is 4. The molecule has 0 aromatic heterocycles. The molecule has 0 aliphatic heterocycles. The number of unbranched alkanes of at least 4 members (excludes halogenated alkanes) is 23. The van der Waals surface area contributed by atoms with Gasteiger partial charge in [-0.2, -0.15) is 0 Å². The van der Waals surface area contributed by atoms with Crippen molar-refractivity contribution >= 4 is 39.5 Å². The van der Waals surface area contributed by atoms with E-state index in [1.54, 1.807) is 0 Å². The Labute approximate surface area is 479 Å². The second-order valence-corrected chi connectivity index (χ2v) is 26.5. The smallest absolute Gasteiger partial charge is 0.462 e. The fourth-order valence-electron chi connectivity index (χ4n) is 8.72. The van der Waals surface area contributed by atoms with Crippen LogP contribution in [-0.4, -0.2) is 96.7 Å². The monoisotopic (exact) mass is 1170 g/mol. The molecule has 0 aliphatic carbocycles. The lowest BCUT2D eigenvalue weighted by Crippen LogP contribution is -2.30. The zero-order chi connectivity index (χ0) is 59.0. The average Bonchev–Trinajstić information content (AvgIpc) is 3.38. The molecule has 0 fully saturated rings. The summed E-state index contributed by atoms with van der Waals surface area (Å²) in [4.78, 5) is 71.9. The van der Waals surface area contributed by atoms with Gasteiger partial charge in [-0.1, -0.05) is 229 Å². The second kappa shape index (κ2) is 50.6. The van der Waals surface area contributed by atoms with E-state index in [-0.39, 0.29) is 25.7 Å². The Kier molecular flexibility index (Phi) is 49.3. The molecule has 0 radical (unpaired) electrons. The number of phosphoric acid groups is 2. The Morgan fingerprint density at radius 2 is 0.532 bits per heavy atom. The minimum Gasteiger partial charge on any atom is -0.462 e. The standard InChI is InChI=1S/C60H116O17P2/c1-50(2)36-28-20-12-9-10-14-24-32-40-57(62)70-46-55(76-59(64)42-34-26-18-16-22-30-38-52(5)6)48-74-78(66,67)72-44-54(61)45-73-79(68,69)75-49-56(77-60(65)43-35-27-19-17-23-31-39-53(7)8)47-71-58(63)41-33-25-15-11-13-21-29-37-51(3)4/h50-56,61H,9-49H2,1-8H3,(H,66,67)(H,68,69)/t54?,55-,56-/m1/s1. The molecule has 3 N–H and O–H groups in total. The van der Waals surface area contributed by atoms with E-state index in [9.17, 15) is 43.2 Å². The van der Waals surface area contributed by atoms with Gasteiger partial charge in [0.15, 0.2) is 12.2 Å². The van der Waals surface area contributed by atoms with Gasteiger partial charge in [-0.05, 0) is 49.4 Å². The fourth-order valence-corrected chi connectivity index (χ4v) is 10.3. The lowest BCUT2D eigenvalue weighted by molar-refractivity contribution is -0.161. The van der Waals surface area contributed by atoms with Crippen LogP contribution in [0.25, 0.3) is 0 Å². The number of hydrogen-bond donors (Lipinski definition) is 3. The summed E-state index contributed by atoms with van der Waals surface area (Å²) in [6.07, 6.45) is 28.5. The topological polar surface area (TPSA) is 237 Å². The van der Waals surface area contributed by atoms with Crippen LogP contribution >= 0.6 is 15.6 Å². The number of hydrogen-bond acceptors (Lipinski definition) is 15. The Balaban J connectivity index is 5.23. The highest BCUT2D eigenvalue weighted by molar-refractivity contribution is 7.47. The first kappa shape index (κ1) is 77.1. The molecule has 0 rings (SSSR count). The molecule has 3 unspecified atom stereocenters. The van der Waals surface area contributed by atoms with Gasteiger partial charge in [-0.3, -0.25) is 37.3 Å². The summed E-state index contributed by atoms with van der Waals surface area (Å²) >= 11 is 0. The molecular weight excluding hydrogens is 1050 g/mol. The molecular formula is C60H116O17P2. The molecule has 0 bridgehead atoms. The number of esters is 4. The highest BCUT2D eigenvalue weighted by atomic mass is 31.2. The van der Waals surface area contributed by atoms with Gasteiger partial charge in [0.1, 0.15) is 19.3 Å². The van der Waals surface area contributed by atoms with E-state index in [4.69, 9.17) is 37.0 Å². The van der Waals surface area contributed by atoms with Gasteiger partial charge in [-0.15, -0.1) is 0 Å². The lowest BCUT2D eigenvalue weighted by Gasteiger charge is -2.21. The molecule has 19 heteroatoms. The Bertz CT molecular complexity index is 1590. The van der Waals surface area contributed by atoms with Gasteiger partial charge in [0, 0.05) is 25.7 Å². The van der Waals surface area contributed by atoms with Crippen LogP contribution in [0.3, 0.4) is 0 Å². The molecule has 5 atom stereocenters. The van der Waals surface area contributed by atoms with Crippen molar-refractivity contribution in [3.05, 3.63) is 0 Å². The van der Waals surface area contributed by atoms with Crippen molar-refractivity contribution in [3.8, 4) is 0 Å². The van der Waals surface area contributed by atoms with E-state index < -0.39 is 97.5 Å². The van der Waals surface area contributed by atoms with Crippen LogP contribution < -0.4 is 0 Å². The van der Waals surface area contributed by atoms with Crippen molar-refractivity contribution in [2.45, 2.75) is 298 Å².